The summed E-state index contributed by atoms with van der Waals surface area (Å²) >= 11 is 0. The van der Waals surface area contributed by atoms with Gasteiger partial charge >= 0.3 is 0 Å². The Kier molecular flexibility index (Phi) is 3.10. The number of rotatable bonds is 3. The molecule has 0 radical (unpaired) electrons. The summed E-state index contributed by atoms with van der Waals surface area (Å²) in [5.41, 5.74) is 1.64. The molecular weight excluding hydrogens is 208 g/mol. The fraction of sp³-hybridized carbons (Fsp3) is 0.375. The first kappa shape index (κ1) is 12.0. The molecule has 1 heteroatoms. The smallest absolute Gasteiger partial charge is 0.119 e. The second-order valence-corrected chi connectivity index (χ2v) is 5.17. The molecule has 0 fully saturated rings. The van der Waals surface area contributed by atoms with Gasteiger partial charge in [-0.15, -0.1) is 0 Å². The molecular formula is C16H20O. The van der Waals surface area contributed by atoms with Crippen molar-refractivity contribution in [2.75, 3.05) is 7.11 Å². The molecule has 0 aliphatic carbocycles. The lowest BCUT2D eigenvalue weighted by molar-refractivity contribution is 0.415. The monoisotopic (exact) mass is 228 g/mol. The number of fused-ring (bicyclic) bond motifs is 1. The third-order valence-corrected chi connectivity index (χ3v) is 3.71. The predicted molar refractivity (Wildman–Crippen MR) is 73.8 cm³/mol. The molecule has 0 N–H and O–H groups in total. The van der Waals surface area contributed by atoms with Crippen LogP contribution in [0.1, 0.15) is 32.8 Å². The van der Waals surface area contributed by atoms with Crippen molar-refractivity contribution in [3.05, 3.63) is 42.0 Å². The molecule has 0 aliphatic heterocycles. The Balaban J connectivity index is 2.52. The lowest BCUT2D eigenvalue weighted by atomic mass is 9.81. The van der Waals surface area contributed by atoms with E-state index in [1.54, 1.807) is 7.11 Å². The highest BCUT2D eigenvalue weighted by Crippen LogP contribution is 2.30. The number of benzene rings is 2. The van der Waals surface area contributed by atoms with E-state index in [2.05, 4.69) is 51.1 Å². The molecule has 0 saturated carbocycles. The molecule has 2 aromatic carbocycles. The topological polar surface area (TPSA) is 9.23 Å². The Morgan fingerprint density at radius 2 is 1.65 bits per heavy atom. The van der Waals surface area contributed by atoms with E-state index in [0.29, 0.717) is 0 Å². The van der Waals surface area contributed by atoms with Crippen LogP contribution in [0.4, 0.5) is 0 Å². The maximum atomic E-state index is 5.24. The Morgan fingerprint density at radius 3 is 2.29 bits per heavy atom. The minimum atomic E-state index is 0.244. The predicted octanol–water partition coefficient (Wildman–Crippen LogP) is 4.54. The fourth-order valence-corrected chi connectivity index (χ4v) is 1.98. The Bertz CT molecular complexity index is 526. The van der Waals surface area contributed by atoms with Crippen LogP contribution in [0.5, 0.6) is 5.75 Å². The second-order valence-electron chi connectivity index (χ2n) is 5.17. The molecule has 0 spiro atoms. The van der Waals surface area contributed by atoms with Crippen LogP contribution in [-0.2, 0) is 5.41 Å². The van der Waals surface area contributed by atoms with Crippen molar-refractivity contribution in [2.45, 2.75) is 32.6 Å². The van der Waals surface area contributed by atoms with Crippen LogP contribution < -0.4 is 4.74 Å². The molecule has 0 aliphatic rings. The summed E-state index contributed by atoms with van der Waals surface area (Å²) in [6.45, 7) is 6.81. The van der Waals surface area contributed by atoms with Crippen LogP contribution >= 0.6 is 0 Å². The van der Waals surface area contributed by atoms with E-state index in [-0.39, 0.29) is 5.41 Å². The third-order valence-electron chi connectivity index (χ3n) is 3.71. The van der Waals surface area contributed by atoms with Crippen molar-refractivity contribution < 1.29 is 4.74 Å². The molecule has 0 amide bonds. The first-order valence-corrected chi connectivity index (χ1v) is 6.15. The fourth-order valence-electron chi connectivity index (χ4n) is 1.98. The molecule has 0 bridgehead atoms. The molecule has 90 valence electrons. The maximum Gasteiger partial charge on any atom is 0.119 e. The van der Waals surface area contributed by atoms with Crippen LogP contribution in [-0.4, -0.2) is 7.11 Å². The number of hydrogen-bond acceptors (Lipinski definition) is 1. The summed E-state index contributed by atoms with van der Waals surface area (Å²) in [5, 5.41) is 2.52. The number of methoxy groups -OCH3 is 1. The first-order valence-electron chi connectivity index (χ1n) is 6.15. The Hall–Kier alpha value is -1.50. The van der Waals surface area contributed by atoms with E-state index < -0.39 is 0 Å². The molecule has 2 aromatic rings. The van der Waals surface area contributed by atoms with E-state index in [1.165, 1.54) is 16.3 Å². The van der Waals surface area contributed by atoms with Gasteiger partial charge in [-0.1, -0.05) is 45.0 Å². The van der Waals surface area contributed by atoms with Gasteiger partial charge in [0.15, 0.2) is 0 Å². The average Bonchev–Trinajstić information content (AvgIpc) is 2.37. The average molecular weight is 228 g/mol. The summed E-state index contributed by atoms with van der Waals surface area (Å²) < 4.78 is 5.24. The van der Waals surface area contributed by atoms with Gasteiger partial charge in [0.2, 0.25) is 0 Å². The molecule has 0 heterocycles. The van der Waals surface area contributed by atoms with Crippen LogP contribution in [0.15, 0.2) is 36.4 Å². The van der Waals surface area contributed by atoms with Crippen LogP contribution in [0.2, 0.25) is 0 Å². The maximum absolute atomic E-state index is 5.24. The quantitative estimate of drug-likeness (QED) is 0.749. The minimum absolute atomic E-state index is 0.244. The van der Waals surface area contributed by atoms with Crippen LogP contribution in [0.25, 0.3) is 10.8 Å². The SMILES string of the molecule is CCC(C)(C)c1ccc2cc(OC)ccc2c1. The molecule has 2 rings (SSSR count). The van der Waals surface area contributed by atoms with Gasteiger partial charge in [-0.2, -0.15) is 0 Å². The van der Waals surface area contributed by atoms with Crippen molar-refractivity contribution in [2.24, 2.45) is 0 Å². The van der Waals surface area contributed by atoms with E-state index in [4.69, 9.17) is 4.74 Å². The summed E-state index contributed by atoms with van der Waals surface area (Å²) in [6, 6.07) is 12.9. The molecule has 0 atom stereocenters. The molecule has 1 nitrogen and oxygen atoms in total. The van der Waals surface area contributed by atoms with Crippen LogP contribution in [0.3, 0.4) is 0 Å². The zero-order valence-corrected chi connectivity index (χ0v) is 11.1. The van der Waals surface area contributed by atoms with Crippen molar-refractivity contribution in [1.29, 1.82) is 0 Å². The summed E-state index contributed by atoms with van der Waals surface area (Å²) in [5.74, 6) is 0.917. The molecule has 0 unspecified atom stereocenters. The van der Waals surface area contributed by atoms with Gasteiger partial charge in [-0.25, -0.2) is 0 Å². The highest BCUT2D eigenvalue weighted by molar-refractivity contribution is 5.84. The highest BCUT2D eigenvalue weighted by Gasteiger charge is 2.17. The lowest BCUT2D eigenvalue weighted by Gasteiger charge is -2.23. The highest BCUT2D eigenvalue weighted by atomic mass is 16.5. The van der Waals surface area contributed by atoms with Gasteiger partial charge in [0.05, 0.1) is 7.11 Å². The zero-order valence-electron chi connectivity index (χ0n) is 11.1. The van der Waals surface area contributed by atoms with Crippen molar-refractivity contribution >= 4 is 10.8 Å². The number of hydrogen-bond donors (Lipinski definition) is 0. The summed E-state index contributed by atoms with van der Waals surface area (Å²) in [6.07, 6.45) is 1.15. The Labute approximate surface area is 103 Å². The normalized spacial score (nSPS) is 11.8. The van der Waals surface area contributed by atoms with Gasteiger partial charge in [0, 0.05) is 0 Å². The first-order chi connectivity index (χ1) is 8.06. The number of ether oxygens (including phenoxy) is 1. The molecule has 0 aromatic heterocycles. The van der Waals surface area contributed by atoms with Gasteiger partial charge in [0.1, 0.15) is 5.75 Å². The van der Waals surface area contributed by atoms with E-state index in [9.17, 15) is 0 Å². The van der Waals surface area contributed by atoms with Gasteiger partial charge in [-0.05, 0) is 40.3 Å². The van der Waals surface area contributed by atoms with E-state index in [1.807, 2.05) is 6.07 Å². The largest absolute Gasteiger partial charge is 0.497 e. The lowest BCUT2D eigenvalue weighted by Crippen LogP contribution is -2.15. The third kappa shape index (κ3) is 2.28. The summed E-state index contributed by atoms with van der Waals surface area (Å²) in [4.78, 5) is 0. The molecule has 17 heavy (non-hydrogen) atoms. The summed E-state index contributed by atoms with van der Waals surface area (Å²) in [7, 11) is 1.70. The van der Waals surface area contributed by atoms with Gasteiger partial charge < -0.3 is 4.74 Å². The standard InChI is InChI=1S/C16H20O/c1-5-16(2,3)14-8-6-13-11-15(17-4)9-7-12(13)10-14/h6-11H,5H2,1-4H3. The van der Waals surface area contributed by atoms with Crippen LogP contribution in [0, 0.1) is 0 Å². The molecule has 0 saturated heterocycles. The van der Waals surface area contributed by atoms with Crippen molar-refractivity contribution in [1.82, 2.24) is 0 Å². The van der Waals surface area contributed by atoms with Gasteiger partial charge in [0.25, 0.3) is 0 Å². The van der Waals surface area contributed by atoms with Crippen molar-refractivity contribution in [3.8, 4) is 5.75 Å². The minimum Gasteiger partial charge on any atom is -0.497 e. The zero-order chi connectivity index (χ0) is 12.5. The van der Waals surface area contributed by atoms with E-state index in [0.717, 1.165) is 12.2 Å². The Morgan fingerprint density at radius 1 is 1.00 bits per heavy atom. The van der Waals surface area contributed by atoms with Crippen molar-refractivity contribution in [3.63, 3.8) is 0 Å². The van der Waals surface area contributed by atoms with Gasteiger partial charge in [-0.3, -0.25) is 0 Å². The van der Waals surface area contributed by atoms with E-state index >= 15 is 0 Å². The second kappa shape index (κ2) is 4.40.